The molecule has 1 aromatic carbocycles. The van der Waals surface area contributed by atoms with E-state index in [2.05, 4.69) is 5.32 Å². The van der Waals surface area contributed by atoms with E-state index in [1.807, 2.05) is 13.8 Å². The first-order valence-electron chi connectivity index (χ1n) is 6.77. The Bertz CT molecular complexity index is 421. The highest BCUT2D eigenvalue weighted by molar-refractivity contribution is 5.78. The van der Waals surface area contributed by atoms with Gasteiger partial charge in [-0.1, -0.05) is 13.0 Å². The number of carbonyl (C=O) groups excluding carboxylic acids is 1. The summed E-state index contributed by atoms with van der Waals surface area (Å²) in [6.45, 7) is 4.99. The normalized spacial score (nSPS) is 12.2. The van der Waals surface area contributed by atoms with Crippen LogP contribution in [0.15, 0.2) is 18.2 Å². The molecule has 0 bridgehead atoms. The number of nitrogens with one attached hydrogen (secondary N) is 1. The summed E-state index contributed by atoms with van der Waals surface area (Å²) in [5.74, 6) is -0.160. The van der Waals surface area contributed by atoms with Gasteiger partial charge in [0, 0.05) is 12.5 Å². The first-order chi connectivity index (χ1) is 9.04. The Kier molecular flexibility index (Phi) is 6.50. The van der Waals surface area contributed by atoms with E-state index in [0.29, 0.717) is 13.1 Å². The highest BCUT2D eigenvalue weighted by Crippen LogP contribution is 2.10. The molecule has 1 unspecified atom stereocenters. The van der Waals surface area contributed by atoms with Gasteiger partial charge in [-0.25, -0.2) is 4.39 Å². The summed E-state index contributed by atoms with van der Waals surface area (Å²) in [7, 11) is 0. The largest absolute Gasteiger partial charge is 0.356 e. The SMILES string of the molecule is Cc1cc(F)ccc1CCNC(=O)C(C)CCCN. The van der Waals surface area contributed by atoms with Crippen molar-refractivity contribution in [3.63, 3.8) is 0 Å². The monoisotopic (exact) mass is 266 g/mol. The molecule has 0 aromatic heterocycles. The highest BCUT2D eigenvalue weighted by Gasteiger charge is 2.11. The summed E-state index contributed by atoms with van der Waals surface area (Å²) in [6, 6.07) is 4.74. The summed E-state index contributed by atoms with van der Waals surface area (Å²) in [6.07, 6.45) is 2.41. The van der Waals surface area contributed by atoms with Crippen LogP contribution >= 0.6 is 0 Å². The summed E-state index contributed by atoms with van der Waals surface area (Å²) < 4.78 is 12.9. The van der Waals surface area contributed by atoms with E-state index in [0.717, 1.165) is 30.4 Å². The minimum Gasteiger partial charge on any atom is -0.356 e. The lowest BCUT2D eigenvalue weighted by Gasteiger charge is -2.12. The average Bonchev–Trinajstić information content (AvgIpc) is 2.38. The molecule has 3 nitrogen and oxygen atoms in total. The predicted octanol–water partition coefficient (Wildman–Crippen LogP) is 2.17. The van der Waals surface area contributed by atoms with Crippen LogP contribution in [-0.2, 0) is 11.2 Å². The van der Waals surface area contributed by atoms with Gasteiger partial charge in [0.15, 0.2) is 0 Å². The quantitative estimate of drug-likeness (QED) is 0.794. The number of rotatable bonds is 7. The maximum atomic E-state index is 12.9. The second kappa shape index (κ2) is 7.89. The van der Waals surface area contributed by atoms with Crippen molar-refractivity contribution in [1.82, 2.24) is 5.32 Å². The number of amides is 1. The zero-order valence-corrected chi connectivity index (χ0v) is 11.7. The third-order valence-electron chi connectivity index (χ3n) is 3.29. The number of benzene rings is 1. The smallest absolute Gasteiger partial charge is 0.222 e. The number of hydrogen-bond donors (Lipinski definition) is 2. The summed E-state index contributed by atoms with van der Waals surface area (Å²) in [5.41, 5.74) is 7.41. The van der Waals surface area contributed by atoms with Gasteiger partial charge in [0.25, 0.3) is 0 Å². The Hall–Kier alpha value is -1.42. The van der Waals surface area contributed by atoms with E-state index < -0.39 is 0 Å². The van der Waals surface area contributed by atoms with Crippen LogP contribution in [0.4, 0.5) is 4.39 Å². The van der Waals surface area contributed by atoms with Crippen molar-refractivity contribution in [2.24, 2.45) is 11.7 Å². The molecule has 0 heterocycles. The highest BCUT2D eigenvalue weighted by atomic mass is 19.1. The summed E-state index contributed by atoms with van der Waals surface area (Å²) in [5, 5.41) is 2.91. The van der Waals surface area contributed by atoms with Crippen LogP contribution in [-0.4, -0.2) is 19.0 Å². The van der Waals surface area contributed by atoms with Gasteiger partial charge in [-0.2, -0.15) is 0 Å². The second-order valence-corrected chi connectivity index (χ2v) is 4.94. The second-order valence-electron chi connectivity index (χ2n) is 4.94. The van der Waals surface area contributed by atoms with Crippen molar-refractivity contribution >= 4 is 5.91 Å². The lowest BCUT2D eigenvalue weighted by atomic mass is 10.0. The molecule has 1 amide bonds. The molecule has 19 heavy (non-hydrogen) atoms. The molecule has 0 aliphatic carbocycles. The zero-order chi connectivity index (χ0) is 14.3. The maximum Gasteiger partial charge on any atom is 0.222 e. The lowest BCUT2D eigenvalue weighted by Crippen LogP contribution is -2.31. The third-order valence-corrected chi connectivity index (χ3v) is 3.29. The fourth-order valence-corrected chi connectivity index (χ4v) is 1.99. The van der Waals surface area contributed by atoms with E-state index in [4.69, 9.17) is 5.73 Å². The van der Waals surface area contributed by atoms with Crippen LogP contribution in [0.5, 0.6) is 0 Å². The van der Waals surface area contributed by atoms with Crippen molar-refractivity contribution in [2.75, 3.05) is 13.1 Å². The molecule has 3 N–H and O–H groups in total. The molecule has 0 saturated carbocycles. The number of carbonyl (C=O) groups is 1. The zero-order valence-electron chi connectivity index (χ0n) is 11.7. The van der Waals surface area contributed by atoms with Crippen molar-refractivity contribution in [1.29, 1.82) is 0 Å². The van der Waals surface area contributed by atoms with E-state index in [1.165, 1.54) is 12.1 Å². The Balaban J connectivity index is 2.35. The molecule has 0 aliphatic rings. The number of hydrogen-bond acceptors (Lipinski definition) is 2. The van der Waals surface area contributed by atoms with Crippen LogP contribution < -0.4 is 11.1 Å². The van der Waals surface area contributed by atoms with Gasteiger partial charge in [-0.15, -0.1) is 0 Å². The van der Waals surface area contributed by atoms with Crippen LogP contribution in [0.25, 0.3) is 0 Å². The first-order valence-corrected chi connectivity index (χ1v) is 6.77. The molecular weight excluding hydrogens is 243 g/mol. The van der Waals surface area contributed by atoms with Crippen LogP contribution in [0.1, 0.15) is 30.9 Å². The van der Waals surface area contributed by atoms with Crippen LogP contribution in [0.3, 0.4) is 0 Å². The van der Waals surface area contributed by atoms with Crippen LogP contribution in [0.2, 0.25) is 0 Å². The van der Waals surface area contributed by atoms with Crippen molar-refractivity contribution in [3.05, 3.63) is 35.1 Å². The Morgan fingerprint density at radius 2 is 2.21 bits per heavy atom. The fourth-order valence-electron chi connectivity index (χ4n) is 1.99. The third kappa shape index (κ3) is 5.39. The van der Waals surface area contributed by atoms with Crippen molar-refractivity contribution in [3.8, 4) is 0 Å². The molecule has 0 fully saturated rings. The van der Waals surface area contributed by atoms with E-state index >= 15 is 0 Å². The molecule has 0 aliphatic heterocycles. The van der Waals surface area contributed by atoms with E-state index in [1.54, 1.807) is 6.07 Å². The molecule has 0 spiro atoms. The molecule has 4 heteroatoms. The van der Waals surface area contributed by atoms with Crippen molar-refractivity contribution in [2.45, 2.75) is 33.1 Å². The molecule has 106 valence electrons. The summed E-state index contributed by atoms with van der Waals surface area (Å²) >= 11 is 0. The first kappa shape index (κ1) is 15.6. The maximum absolute atomic E-state index is 12.9. The number of nitrogens with two attached hydrogens (primary N) is 1. The molecular formula is C15H23FN2O. The minimum atomic E-state index is -0.222. The van der Waals surface area contributed by atoms with Gasteiger partial charge in [0.2, 0.25) is 5.91 Å². The molecule has 1 aromatic rings. The standard InChI is InChI=1S/C15H23FN2O/c1-11(4-3-8-17)15(19)18-9-7-13-5-6-14(16)10-12(13)2/h5-6,10-11H,3-4,7-9,17H2,1-2H3,(H,18,19). The number of halogens is 1. The van der Waals surface area contributed by atoms with Gasteiger partial charge in [0.1, 0.15) is 5.82 Å². The summed E-state index contributed by atoms with van der Waals surface area (Å²) in [4.78, 5) is 11.8. The van der Waals surface area contributed by atoms with Crippen LogP contribution in [0, 0.1) is 18.7 Å². The topological polar surface area (TPSA) is 55.1 Å². The molecule has 1 rings (SSSR count). The molecule has 0 radical (unpaired) electrons. The fraction of sp³-hybridized carbons (Fsp3) is 0.533. The predicted molar refractivity (Wildman–Crippen MR) is 75.3 cm³/mol. The van der Waals surface area contributed by atoms with Gasteiger partial charge in [-0.05, 0) is 56.0 Å². The Morgan fingerprint density at radius 1 is 1.47 bits per heavy atom. The van der Waals surface area contributed by atoms with Gasteiger partial charge in [0.05, 0.1) is 0 Å². The average molecular weight is 266 g/mol. The molecule has 0 saturated heterocycles. The Morgan fingerprint density at radius 3 is 2.84 bits per heavy atom. The van der Waals surface area contributed by atoms with Crippen molar-refractivity contribution < 1.29 is 9.18 Å². The molecule has 1 atom stereocenters. The van der Waals surface area contributed by atoms with Gasteiger partial charge < -0.3 is 11.1 Å². The Labute approximate surface area is 114 Å². The lowest BCUT2D eigenvalue weighted by molar-refractivity contribution is -0.124. The van der Waals surface area contributed by atoms with E-state index in [9.17, 15) is 9.18 Å². The van der Waals surface area contributed by atoms with Gasteiger partial charge in [-0.3, -0.25) is 4.79 Å². The number of aryl methyl sites for hydroxylation is 1. The van der Waals surface area contributed by atoms with Gasteiger partial charge >= 0.3 is 0 Å². The minimum absolute atomic E-state index is 0.00198. The van der Waals surface area contributed by atoms with E-state index in [-0.39, 0.29) is 17.6 Å².